The molecule has 3 atom stereocenters. The third-order valence-electron chi connectivity index (χ3n) is 3.67. The van der Waals surface area contributed by atoms with Crippen LogP contribution < -0.4 is 4.74 Å². The van der Waals surface area contributed by atoms with Gasteiger partial charge in [0.05, 0.1) is 18.4 Å². The third kappa shape index (κ3) is 3.08. The molecular weight excluding hydrogens is 290 g/mol. The van der Waals surface area contributed by atoms with Crippen LogP contribution in [0.25, 0.3) is 0 Å². The lowest BCUT2D eigenvalue weighted by Crippen LogP contribution is -2.47. The Hall–Kier alpha value is -2.44. The van der Waals surface area contributed by atoms with Crippen molar-refractivity contribution in [2.75, 3.05) is 13.2 Å². The second-order valence-corrected chi connectivity index (χ2v) is 5.09. The van der Waals surface area contributed by atoms with E-state index in [1.807, 2.05) is 0 Å². The number of hydrogen-bond donors (Lipinski definition) is 0. The molecule has 22 heavy (non-hydrogen) atoms. The molecule has 0 aliphatic carbocycles. The largest absolute Gasteiger partial charge is 0.478 e. The number of ketones is 1. The Morgan fingerprint density at radius 3 is 2.64 bits per heavy atom. The maximum Gasteiger partial charge on any atom is 0.348 e. The molecule has 0 unspecified atom stereocenters. The highest BCUT2D eigenvalue weighted by atomic mass is 16.6. The predicted octanol–water partition coefficient (Wildman–Crippen LogP) is 1.58. The van der Waals surface area contributed by atoms with E-state index in [1.165, 1.54) is 6.92 Å². The van der Waals surface area contributed by atoms with Gasteiger partial charge in [-0.25, -0.2) is 4.79 Å². The maximum atomic E-state index is 12.1. The smallest absolute Gasteiger partial charge is 0.348 e. The predicted molar refractivity (Wildman–Crippen MR) is 76.3 cm³/mol. The van der Waals surface area contributed by atoms with Crippen LogP contribution in [0.5, 0.6) is 5.75 Å². The van der Waals surface area contributed by atoms with Crippen LogP contribution in [0, 0.1) is 16.0 Å². The number of hydrogen-bond acceptors (Lipinski definition) is 6. The van der Waals surface area contributed by atoms with E-state index in [2.05, 4.69) is 0 Å². The van der Waals surface area contributed by atoms with Crippen LogP contribution in [0.15, 0.2) is 24.3 Å². The average molecular weight is 307 g/mol. The first kappa shape index (κ1) is 15.9. The Morgan fingerprint density at radius 2 is 2.05 bits per heavy atom. The van der Waals surface area contributed by atoms with Crippen molar-refractivity contribution >= 4 is 11.8 Å². The lowest BCUT2D eigenvalue weighted by atomic mass is 9.77. The van der Waals surface area contributed by atoms with Gasteiger partial charge in [-0.3, -0.25) is 14.9 Å². The van der Waals surface area contributed by atoms with Gasteiger partial charge >= 0.3 is 5.97 Å². The van der Waals surface area contributed by atoms with E-state index >= 15 is 0 Å². The molecule has 0 bridgehead atoms. The monoisotopic (exact) mass is 307 g/mol. The van der Waals surface area contributed by atoms with Gasteiger partial charge in [0.25, 0.3) is 0 Å². The molecule has 1 heterocycles. The minimum atomic E-state index is -1.16. The van der Waals surface area contributed by atoms with Crippen molar-refractivity contribution in [3.05, 3.63) is 39.9 Å². The highest BCUT2D eigenvalue weighted by Crippen LogP contribution is 2.41. The highest BCUT2D eigenvalue weighted by Gasteiger charge is 2.47. The van der Waals surface area contributed by atoms with E-state index in [1.54, 1.807) is 31.2 Å². The van der Waals surface area contributed by atoms with Crippen molar-refractivity contribution in [3.8, 4) is 5.75 Å². The summed E-state index contributed by atoms with van der Waals surface area (Å²) in [6.45, 7) is 2.65. The summed E-state index contributed by atoms with van der Waals surface area (Å²) in [5, 5.41) is 11.0. The Labute approximate surface area is 127 Å². The number of benzene rings is 1. The molecule has 0 N–H and O–H groups in total. The maximum absolute atomic E-state index is 12.1. The number of ether oxygens (including phenoxy) is 2. The standard InChI is InChI=1S/C15H17NO6/c1-3-21-15(18)14-13(9(2)17)11(8-16(19)20)10-6-4-5-7-12(10)22-14/h4-7,11,13-14H,3,8H2,1-2H3/t11-,13+,14-/m0/s1. The molecule has 1 aliphatic rings. The Morgan fingerprint density at radius 1 is 1.36 bits per heavy atom. The molecule has 7 nitrogen and oxygen atoms in total. The van der Waals surface area contributed by atoms with Crippen molar-refractivity contribution in [3.63, 3.8) is 0 Å². The minimum absolute atomic E-state index is 0.144. The van der Waals surface area contributed by atoms with Crippen molar-refractivity contribution in [1.82, 2.24) is 0 Å². The van der Waals surface area contributed by atoms with Gasteiger partial charge in [-0.05, 0) is 19.9 Å². The summed E-state index contributed by atoms with van der Waals surface area (Å²) >= 11 is 0. The molecule has 0 radical (unpaired) electrons. The quantitative estimate of drug-likeness (QED) is 0.465. The molecule has 118 valence electrons. The second-order valence-electron chi connectivity index (χ2n) is 5.09. The molecule has 1 aromatic carbocycles. The number of Topliss-reactive ketones (excluding diaryl/α,β-unsaturated/α-hetero) is 1. The van der Waals surface area contributed by atoms with Crippen LogP contribution in [0.2, 0.25) is 0 Å². The van der Waals surface area contributed by atoms with Crippen molar-refractivity contribution in [2.24, 2.45) is 5.92 Å². The van der Waals surface area contributed by atoms with Gasteiger partial charge in [0.1, 0.15) is 11.5 Å². The van der Waals surface area contributed by atoms with E-state index in [9.17, 15) is 19.7 Å². The highest BCUT2D eigenvalue weighted by molar-refractivity contribution is 5.88. The Kier molecular flexibility index (Phi) is 4.75. The number of nitro groups is 1. The minimum Gasteiger partial charge on any atom is -0.478 e. The molecule has 0 amide bonds. The zero-order valence-electron chi connectivity index (χ0n) is 12.4. The Bertz CT molecular complexity index is 599. The molecule has 0 aromatic heterocycles. The fourth-order valence-corrected chi connectivity index (χ4v) is 2.80. The van der Waals surface area contributed by atoms with Crippen molar-refractivity contribution in [2.45, 2.75) is 25.9 Å². The van der Waals surface area contributed by atoms with Crippen LogP contribution in [0.3, 0.4) is 0 Å². The van der Waals surface area contributed by atoms with Gasteiger partial charge in [-0.2, -0.15) is 0 Å². The van der Waals surface area contributed by atoms with Gasteiger partial charge in [0.2, 0.25) is 12.6 Å². The van der Waals surface area contributed by atoms with E-state index in [4.69, 9.17) is 9.47 Å². The molecule has 7 heteroatoms. The lowest BCUT2D eigenvalue weighted by Gasteiger charge is -2.35. The number of rotatable bonds is 5. The molecule has 2 rings (SSSR count). The molecular formula is C15H17NO6. The first-order valence-corrected chi connectivity index (χ1v) is 7.00. The number of carbonyl (C=O) groups excluding carboxylic acids is 2. The first-order valence-electron chi connectivity index (χ1n) is 7.00. The summed E-state index contributed by atoms with van der Waals surface area (Å²) in [7, 11) is 0. The number of carbonyl (C=O) groups is 2. The molecule has 1 aromatic rings. The van der Waals surface area contributed by atoms with Crippen LogP contribution in [0.4, 0.5) is 0 Å². The summed E-state index contributed by atoms with van der Waals surface area (Å²) in [6.07, 6.45) is -1.16. The lowest BCUT2D eigenvalue weighted by molar-refractivity contribution is -0.485. The fourth-order valence-electron chi connectivity index (χ4n) is 2.80. The molecule has 1 aliphatic heterocycles. The summed E-state index contributed by atoms with van der Waals surface area (Å²) in [5.74, 6) is -2.28. The number of esters is 1. The first-order chi connectivity index (χ1) is 10.5. The summed E-state index contributed by atoms with van der Waals surface area (Å²) in [5.41, 5.74) is 0.569. The van der Waals surface area contributed by atoms with Gasteiger partial charge in [0.15, 0.2) is 0 Å². The number of para-hydroxylation sites is 1. The molecule has 0 saturated heterocycles. The normalized spacial score (nSPS) is 23.1. The summed E-state index contributed by atoms with van der Waals surface area (Å²) < 4.78 is 10.6. The van der Waals surface area contributed by atoms with E-state index in [-0.39, 0.29) is 12.4 Å². The number of fused-ring (bicyclic) bond motifs is 1. The second kappa shape index (κ2) is 6.55. The third-order valence-corrected chi connectivity index (χ3v) is 3.67. The summed E-state index contributed by atoms with van der Waals surface area (Å²) in [6, 6.07) is 6.74. The zero-order valence-corrected chi connectivity index (χ0v) is 12.4. The van der Waals surface area contributed by atoms with Gasteiger partial charge in [-0.15, -0.1) is 0 Å². The van der Waals surface area contributed by atoms with Crippen LogP contribution in [0.1, 0.15) is 25.3 Å². The van der Waals surface area contributed by atoms with E-state index in [0.29, 0.717) is 11.3 Å². The molecule has 0 fully saturated rings. The average Bonchev–Trinajstić information content (AvgIpc) is 2.46. The number of nitrogens with zero attached hydrogens (tertiary/aromatic N) is 1. The Balaban J connectivity index is 2.48. The van der Waals surface area contributed by atoms with Gasteiger partial charge in [-0.1, -0.05) is 18.2 Å². The fraction of sp³-hybridized carbons (Fsp3) is 0.467. The van der Waals surface area contributed by atoms with Crippen molar-refractivity contribution < 1.29 is 24.0 Å². The SMILES string of the molecule is CCOC(=O)[C@H]1Oc2ccccc2[C@H](C[N+](=O)[O-])[C@H]1C(C)=O. The van der Waals surface area contributed by atoms with E-state index < -0.39 is 35.4 Å². The van der Waals surface area contributed by atoms with Crippen LogP contribution >= 0.6 is 0 Å². The zero-order chi connectivity index (χ0) is 16.3. The van der Waals surface area contributed by atoms with Crippen LogP contribution in [-0.4, -0.2) is 35.9 Å². The topological polar surface area (TPSA) is 95.7 Å². The molecule has 0 spiro atoms. The van der Waals surface area contributed by atoms with Crippen LogP contribution in [-0.2, 0) is 14.3 Å². The molecule has 0 saturated carbocycles. The van der Waals surface area contributed by atoms with Crippen molar-refractivity contribution in [1.29, 1.82) is 0 Å². The van der Waals surface area contributed by atoms with Gasteiger partial charge in [0, 0.05) is 10.5 Å². The van der Waals surface area contributed by atoms with Gasteiger partial charge < -0.3 is 9.47 Å². The summed E-state index contributed by atoms with van der Waals surface area (Å²) in [4.78, 5) is 34.6. The van der Waals surface area contributed by atoms with E-state index in [0.717, 1.165) is 0 Å².